The number of carbonyl (C=O) groups is 1. The van der Waals surface area contributed by atoms with Crippen molar-refractivity contribution in [2.75, 3.05) is 6.61 Å². The van der Waals surface area contributed by atoms with E-state index in [4.69, 9.17) is 27.9 Å². The molecule has 0 unspecified atom stereocenters. The molecule has 0 amide bonds. The predicted octanol–water partition coefficient (Wildman–Crippen LogP) is 4.63. The molecule has 2 nitrogen and oxygen atoms in total. The van der Waals surface area contributed by atoms with Gasteiger partial charge in [0.05, 0.1) is 9.90 Å². The number of carbonyl (C=O) groups excluding carboxylic acids is 1. The molecule has 1 aromatic heterocycles. The first-order valence-corrected chi connectivity index (χ1v) is 6.81. The second-order valence-electron chi connectivity index (χ2n) is 3.76. The first kappa shape index (κ1) is 13.4. The number of ether oxygens (including phenoxy) is 1. The van der Waals surface area contributed by atoms with Crippen molar-refractivity contribution < 1.29 is 9.53 Å². The first-order valence-electron chi connectivity index (χ1n) is 5.24. The second-order valence-corrected chi connectivity index (χ2v) is 6.05. The van der Waals surface area contributed by atoms with Crippen molar-refractivity contribution in [1.82, 2.24) is 0 Å². The highest BCUT2D eigenvalue weighted by molar-refractivity contribution is 7.20. The maximum Gasteiger partial charge on any atom is 0.202 e. The molecule has 0 radical (unpaired) electrons. The van der Waals surface area contributed by atoms with Crippen LogP contribution in [0.4, 0.5) is 0 Å². The largest absolute Gasteiger partial charge is 0.485 e. The summed E-state index contributed by atoms with van der Waals surface area (Å²) in [6.07, 6.45) is 0. The Morgan fingerprint density at radius 1 is 1.28 bits per heavy atom. The van der Waals surface area contributed by atoms with Crippen LogP contribution in [0.5, 0.6) is 5.75 Å². The fourth-order valence-corrected chi connectivity index (χ4v) is 2.89. The van der Waals surface area contributed by atoms with Crippen LogP contribution >= 0.6 is 34.5 Å². The van der Waals surface area contributed by atoms with E-state index in [1.807, 2.05) is 31.2 Å². The van der Waals surface area contributed by atoms with Gasteiger partial charge in [-0.25, -0.2) is 0 Å². The van der Waals surface area contributed by atoms with E-state index >= 15 is 0 Å². The number of benzene rings is 1. The Labute approximate surface area is 119 Å². The van der Waals surface area contributed by atoms with Crippen LogP contribution in [-0.4, -0.2) is 12.4 Å². The van der Waals surface area contributed by atoms with Gasteiger partial charge in [0.25, 0.3) is 0 Å². The molecule has 0 aliphatic rings. The van der Waals surface area contributed by atoms with Crippen molar-refractivity contribution in [3.8, 4) is 5.75 Å². The molecular weight excluding hydrogens is 291 g/mol. The summed E-state index contributed by atoms with van der Waals surface area (Å²) < 4.78 is 6.29. The summed E-state index contributed by atoms with van der Waals surface area (Å²) in [5.41, 5.74) is 1.56. The molecule has 0 fully saturated rings. The smallest absolute Gasteiger partial charge is 0.202 e. The highest BCUT2D eigenvalue weighted by Gasteiger charge is 2.14. The van der Waals surface area contributed by atoms with E-state index in [0.717, 1.165) is 5.56 Å². The van der Waals surface area contributed by atoms with E-state index in [2.05, 4.69) is 0 Å². The van der Waals surface area contributed by atoms with Crippen LogP contribution in [-0.2, 0) is 0 Å². The highest BCUT2D eigenvalue weighted by Crippen LogP contribution is 2.31. The Hall–Kier alpha value is -1.03. The third kappa shape index (κ3) is 3.25. The topological polar surface area (TPSA) is 26.3 Å². The average Bonchev–Trinajstić information content (AvgIpc) is 2.67. The van der Waals surface area contributed by atoms with Crippen LogP contribution in [0.1, 0.15) is 15.9 Å². The lowest BCUT2D eigenvalue weighted by Crippen LogP contribution is -2.11. The van der Waals surface area contributed by atoms with Gasteiger partial charge in [0.2, 0.25) is 5.78 Å². The van der Waals surface area contributed by atoms with Gasteiger partial charge in [0.1, 0.15) is 10.1 Å². The van der Waals surface area contributed by atoms with Crippen molar-refractivity contribution in [2.24, 2.45) is 0 Å². The minimum Gasteiger partial charge on any atom is -0.485 e. The molecule has 2 aromatic rings. The number of hydrogen-bond acceptors (Lipinski definition) is 3. The fourth-order valence-electron chi connectivity index (χ4n) is 1.39. The molecule has 5 heteroatoms. The standard InChI is InChI=1S/C13H10Cl2O2S/c1-8-2-4-9(5-3-8)17-7-11(16)10-6-12(14)18-13(10)15/h2-6H,7H2,1H3. The third-order valence-electron chi connectivity index (χ3n) is 2.35. The SMILES string of the molecule is Cc1ccc(OCC(=O)c2cc(Cl)sc2Cl)cc1. The van der Waals surface area contributed by atoms with Crippen LogP contribution in [0, 0.1) is 6.92 Å². The summed E-state index contributed by atoms with van der Waals surface area (Å²) in [6.45, 7) is 1.94. The van der Waals surface area contributed by atoms with Crippen molar-refractivity contribution >= 4 is 40.3 Å². The molecule has 0 bridgehead atoms. The Balaban J connectivity index is 2.00. The summed E-state index contributed by atoms with van der Waals surface area (Å²) >= 11 is 12.9. The fraction of sp³-hybridized carbons (Fsp3) is 0.154. The van der Waals surface area contributed by atoms with Gasteiger partial charge in [-0.05, 0) is 25.1 Å². The van der Waals surface area contributed by atoms with E-state index in [1.165, 1.54) is 11.3 Å². The first-order chi connectivity index (χ1) is 8.56. The number of halogens is 2. The Bertz CT molecular complexity index is 561. The number of aryl methyl sites for hydroxylation is 1. The van der Waals surface area contributed by atoms with Gasteiger partial charge in [-0.2, -0.15) is 0 Å². The molecule has 1 aromatic carbocycles. The average molecular weight is 301 g/mol. The van der Waals surface area contributed by atoms with Gasteiger partial charge in [-0.3, -0.25) is 4.79 Å². The van der Waals surface area contributed by atoms with Gasteiger partial charge >= 0.3 is 0 Å². The van der Waals surface area contributed by atoms with Gasteiger partial charge in [-0.1, -0.05) is 40.9 Å². The molecule has 0 spiro atoms. The lowest BCUT2D eigenvalue weighted by Gasteiger charge is -2.05. The molecule has 0 N–H and O–H groups in total. The molecule has 0 aliphatic heterocycles. The van der Waals surface area contributed by atoms with Gasteiger partial charge in [-0.15, -0.1) is 11.3 Å². The third-order valence-corrected chi connectivity index (χ3v) is 3.84. The minimum atomic E-state index is -0.177. The van der Waals surface area contributed by atoms with E-state index in [9.17, 15) is 4.79 Å². The number of Topliss-reactive ketones (excluding diaryl/α,β-unsaturated/α-hetero) is 1. The quantitative estimate of drug-likeness (QED) is 0.770. The number of ketones is 1. The molecule has 0 saturated heterocycles. The number of hydrogen-bond donors (Lipinski definition) is 0. The summed E-state index contributed by atoms with van der Waals surface area (Å²) in [4.78, 5) is 11.9. The zero-order chi connectivity index (χ0) is 13.1. The Morgan fingerprint density at radius 2 is 1.94 bits per heavy atom. The molecule has 2 rings (SSSR count). The highest BCUT2D eigenvalue weighted by atomic mass is 35.5. The zero-order valence-electron chi connectivity index (χ0n) is 9.57. The van der Waals surface area contributed by atoms with E-state index in [0.29, 0.717) is 20.0 Å². The number of rotatable bonds is 4. The van der Waals surface area contributed by atoms with Gasteiger partial charge < -0.3 is 4.74 Å². The molecular formula is C13H10Cl2O2S. The Morgan fingerprint density at radius 3 is 2.50 bits per heavy atom. The van der Waals surface area contributed by atoms with Crippen LogP contribution < -0.4 is 4.74 Å². The van der Waals surface area contributed by atoms with E-state index in [-0.39, 0.29) is 12.4 Å². The van der Waals surface area contributed by atoms with Gasteiger partial charge in [0, 0.05) is 0 Å². The maximum absolute atomic E-state index is 11.9. The normalized spacial score (nSPS) is 10.4. The Kier molecular flexibility index (Phi) is 4.27. The number of thiophene rings is 1. The zero-order valence-corrected chi connectivity index (χ0v) is 11.9. The lowest BCUT2D eigenvalue weighted by molar-refractivity contribution is 0.0922. The van der Waals surface area contributed by atoms with Crippen LogP contribution in [0.25, 0.3) is 0 Å². The molecule has 1 heterocycles. The summed E-state index contributed by atoms with van der Waals surface area (Å²) in [6, 6.07) is 9.06. The summed E-state index contributed by atoms with van der Waals surface area (Å²) in [5.74, 6) is 0.482. The molecule has 94 valence electrons. The van der Waals surface area contributed by atoms with Crippen LogP contribution in [0.15, 0.2) is 30.3 Å². The maximum atomic E-state index is 11.9. The predicted molar refractivity (Wildman–Crippen MR) is 75.3 cm³/mol. The molecule has 0 atom stereocenters. The summed E-state index contributed by atoms with van der Waals surface area (Å²) in [5, 5.41) is 0. The van der Waals surface area contributed by atoms with Crippen molar-refractivity contribution in [3.63, 3.8) is 0 Å². The van der Waals surface area contributed by atoms with Crippen LogP contribution in [0.3, 0.4) is 0 Å². The second kappa shape index (κ2) is 5.74. The van der Waals surface area contributed by atoms with E-state index < -0.39 is 0 Å². The lowest BCUT2D eigenvalue weighted by atomic mass is 10.2. The molecule has 18 heavy (non-hydrogen) atoms. The molecule has 0 aliphatic carbocycles. The van der Waals surface area contributed by atoms with Gasteiger partial charge in [0.15, 0.2) is 6.61 Å². The van der Waals surface area contributed by atoms with Crippen molar-refractivity contribution in [2.45, 2.75) is 6.92 Å². The van der Waals surface area contributed by atoms with Crippen LogP contribution in [0.2, 0.25) is 8.67 Å². The summed E-state index contributed by atoms with van der Waals surface area (Å²) in [7, 11) is 0. The van der Waals surface area contributed by atoms with Crippen molar-refractivity contribution in [1.29, 1.82) is 0 Å². The minimum absolute atomic E-state index is 0.0458. The molecule has 0 saturated carbocycles. The monoisotopic (exact) mass is 300 g/mol. The van der Waals surface area contributed by atoms with E-state index in [1.54, 1.807) is 6.07 Å². The van der Waals surface area contributed by atoms with Crippen molar-refractivity contribution in [3.05, 3.63) is 50.1 Å².